The van der Waals surface area contributed by atoms with Crippen LogP contribution >= 0.6 is 11.6 Å². The van der Waals surface area contributed by atoms with Gasteiger partial charge in [0.25, 0.3) is 10.0 Å². The van der Waals surface area contributed by atoms with Crippen molar-refractivity contribution >= 4 is 45.1 Å². The number of halogens is 1. The molecule has 0 radical (unpaired) electrons. The molecule has 1 amide bonds. The molecule has 4 aromatic rings. The summed E-state index contributed by atoms with van der Waals surface area (Å²) in [6, 6.07) is 20.1. The van der Waals surface area contributed by atoms with Crippen molar-refractivity contribution < 1.29 is 22.7 Å². The number of methoxy groups -OCH3 is 1. The second-order valence-electron chi connectivity index (χ2n) is 8.72. The highest BCUT2D eigenvalue weighted by Gasteiger charge is 2.16. The molecule has 0 atom stereocenters. The van der Waals surface area contributed by atoms with Crippen LogP contribution in [0.3, 0.4) is 0 Å². The van der Waals surface area contributed by atoms with Crippen molar-refractivity contribution in [1.82, 2.24) is 9.97 Å². The summed E-state index contributed by atoms with van der Waals surface area (Å²) in [6.07, 6.45) is 3.00. The first-order chi connectivity index (χ1) is 19.1. The van der Waals surface area contributed by atoms with Gasteiger partial charge in [0.2, 0.25) is 5.91 Å². The van der Waals surface area contributed by atoms with Crippen LogP contribution < -0.4 is 19.5 Å². The molecule has 0 saturated heterocycles. The summed E-state index contributed by atoms with van der Waals surface area (Å²) in [5.74, 6) is 1.34. The van der Waals surface area contributed by atoms with Gasteiger partial charge in [-0.1, -0.05) is 29.8 Å². The Labute approximate surface area is 237 Å². The van der Waals surface area contributed by atoms with Crippen molar-refractivity contribution in [1.29, 1.82) is 0 Å². The highest BCUT2D eigenvalue weighted by molar-refractivity contribution is 7.92. The van der Waals surface area contributed by atoms with Crippen LogP contribution in [0.25, 0.3) is 6.08 Å². The fourth-order valence-corrected chi connectivity index (χ4v) is 4.81. The van der Waals surface area contributed by atoms with Gasteiger partial charge >= 0.3 is 0 Å². The number of sulfonamides is 1. The molecule has 11 heteroatoms. The summed E-state index contributed by atoms with van der Waals surface area (Å²) >= 11 is 5.92. The molecule has 0 aliphatic heterocycles. The summed E-state index contributed by atoms with van der Waals surface area (Å²) in [6.45, 7) is 3.78. The third kappa shape index (κ3) is 7.81. The Morgan fingerprint density at radius 1 is 0.950 bits per heavy atom. The minimum atomic E-state index is -3.86. The molecule has 3 aromatic carbocycles. The van der Waals surface area contributed by atoms with Crippen molar-refractivity contribution in [2.75, 3.05) is 17.1 Å². The fourth-order valence-electron chi connectivity index (χ4n) is 3.69. The molecule has 0 spiro atoms. The third-order valence-electron chi connectivity index (χ3n) is 5.56. The zero-order valence-electron chi connectivity index (χ0n) is 22.0. The van der Waals surface area contributed by atoms with Crippen LogP contribution in [0.1, 0.15) is 22.6 Å². The lowest BCUT2D eigenvalue weighted by Crippen LogP contribution is -2.15. The molecule has 0 aliphatic rings. The van der Waals surface area contributed by atoms with Crippen LogP contribution in [0.2, 0.25) is 5.02 Å². The normalized spacial score (nSPS) is 11.3. The number of carbonyl (C=O) groups is 1. The predicted octanol–water partition coefficient (Wildman–Crippen LogP) is 5.79. The Morgan fingerprint density at radius 2 is 1.68 bits per heavy atom. The number of hydrogen-bond donors (Lipinski definition) is 2. The van der Waals surface area contributed by atoms with Crippen LogP contribution in [-0.2, 0) is 21.4 Å². The summed E-state index contributed by atoms with van der Waals surface area (Å²) in [4.78, 5) is 20.7. The van der Waals surface area contributed by atoms with E-state index in [9.17, 15) is 13.2 Å². The van der Waals surface area contributed by atoms with Gasteiger partial charge in [-0.3, -0.25) is 9.52 Å². The highest BCUT2D eigenvalue weighted by atomic mass is 35.5. The predicted molar refractivity (Wildman–Crippen MR) is 155 cm³/mol. The number of amides is 1. The Kier molecular flexibility index (Phi) is 9.03. The minimum Gasteiger partial charge on any atom is -0.493 e. The zero-order valence-corrected chi connectivity index (χ0v) is 23.6. The molecule has 1 aromatic heterocycles. The molecule has 0 fully saturated rings. The van der Waals surface area contributed by atoms with E-state index in [2.05, 4.69) is 20.0 Å². The molecule has 0 aliphatic carbocycles. The maximum Gasteiger partial charge on any atom is 0.263 e. The van der Waals surface area contributed by atoms with E-state index in [0.717, 1.165) is 11.1 Å². The molecule has 4 rings (SSSR count). The minimum absolute atomic E-state index is 0.0282. The first-order valence-electron chi connectivity index (χ1n) is 12.1. The van der Waals surface area contributed by atoms with E-state index in [4.69, 9.17) is 21.1 Å². The van der Waals surface area contributed by atoms with Gasteiger partial charge in [0.05, 0.1) is 12.0 Å². The van der Waals surface area contributed by atoms with E-state index in [1.807, 2.05) is 12.1 Å². The standard InChI is InChI=1S/C29H27ClN4O5S/c1-19-16-28(32-20(2)31-19)34-40(36,37)25-12-10-24(11-13-25)33-29(35)15-7-21-6-14-26(27(17-21)38-3)39-18-22-4-8-23(30)9-5-22/h4-17H,18H2,1-3H3,(H,33,35)(H,31,32,34). The summed E-state index contributed by atoms with van der Waals surface area (Å²) in [5, 5.41) is 3.37. The first kappa shape index (κ1) is 28.6. The number of benzene rings is 3. The monoisotopic (exact) mass is 578 g/mol. The number of aromatic nitrogens is 2. The number of rotatable bonds is 10. The Morgan fingerprint density at radius 3 is 2.35 bits per heavy atom. The van der Waals surface area contributed by atoms with Crippen molar-refractivity contribution in [3.63, 3.8) is 0 Å². The number of anilines is 2. The third-order valence-corrected chi connectivity index (χ3v) is 7.18. The van der Waals surface area contributed by atoms with E-state index >= 15 is 0 Å². The van der Waals surface area contributed by atoms with Gasteiger partial charge in [0.1, 0.15) is 18.2 Å². The molecule has 1 heterocycles. The summed E-state index contributed by atoms with van der Waals surface area (Å²) in [7, 11) is -2.32. The van der Waals surface area contributed by atoms with Gasteiger partial charge in [0.15, 0.2) is 11.5 Å². The van der Waals surface area contributed by atoms with E-state index < -0.39 is 10.0 Å². The Bertz CT molecular complexity index is 1620. The van der Waals surface area contributed by atoms with Crippen molar-refractivity contribution in [3.05, 3.63) is 107 Å². The van der Waals surface area contributed by atoms with Gasteiger partial charge in [-0.15, -0.1) is 0 Å². The zero-order chi connectivity index (χ0) is 28.7. The molecule has 0 unspecified atom stereocenters. The number of ether oxygens (including phenoxy) is 2. The van der Waals surface area contributed by atoms with Gasteiger partial charge in [-0.05, 0) is 79.6 Å². The van der Waals surface area contributed by atoms with Gasteiger partial charge < -0.3 is 14.8 Å². The Hall–Kier alpha value is -4.41. The summed E-state index contributed by atoms with van der Waals surface area (Å²) < 4.78 is 39.2. The topological polar surface area (TPSA) is 120 Å². The average Bonchev–Trinajstić information content (AvgIpc) is 2.91. The van der Waals surface area contributed by atoms with E-state index in [1.54, 1.807) is 63.4 Å². The Balaban J connectivity index is 1.35. The molecule has 0 saturated carbocycles. The van der Waals surface area contributed by atoms with E-state index in [0.29, 0.717) is 40.3 Å². The molecular weight excluding hydrogens is 552 g/mol. The van der Waals surface area contributed by atoms with Gasteiger partial charge in [-0.25, -0.2) is 18.4 Å². The molecular formula is C29H27ClN4O5S. The van der Waals surface area contributed by atoms with Crippen LogP contribution in [0.5, 0.6) is 11.5 Å². The number of carbonyl (C=O) groups excluding carboxylic acids is 1. The van der Waals surface area contributed by atoms with E-state index in [1.165, 1.54) is 30.3 Å². The molecule has 40 heavy (non-hydrogen) atoms. The van der Waals surface area contributed by atoms with Gasteiger partial charge in [0, 0.05) is 28.5 Å². The molecule has 0 bridgehead atoms. The quantitative estimate of drug-likeness (QED) is 0.229. The van der Waals surface area contributed by atoms with Crippen LogP contribution in [0.4, 0.5) is 11.5 Å². The van der Waals surface area contributed by atoms with E-state index in [-0.39, 0.29) is 16.6 Å². The number of nitrogens with zero attached hydrogens (tertiary/aromatic N) is 2. The largest absolute Gasteiger partial charge is 0.493 e. The van der Waals surface area contributed by atoms with Crippen molar-refractivity contribution in [2.45, 2.75) is 25.3 Å². The van der Waals surface area contributed by atoms with Crippen LogP contribution in [-0.4, -0.2) is 31.4 Å². The average molecular weight is 579 g/mol. The maximum atomic E-state index is 12.7. The SMILES string of the molecule is COc1cc(C=CC(=O)Nc2ccc(S(=O)(=O)Nc3cc(C)nc(C)n3)cc2)ccc1OCc1ccc(Cl)cc1. The first-order valence-corrected chi connectivity index (χ1v) is 14.0. The number of aryl methyl sites for hydroxylation is 2. The van der Waals surface area contributed by atoms with Crippen molar-refractivity contribution in [2.24, 2.45) is 0 Å². The second kappa shape index (κ2) is 12.6. The lowest BCUT2D eigenvalue weighted by atomic mass is 10.2. The van der Waals surface area contributed by atoms with Crippen LogP contribution in [0, 0.1) is 13.8 Å². The smallest absolute Gasteiger partial charge is 0.263 e. The molecule has 9 nitrogen and oxygen atoms in total. The molecule has 206 valence electrons. The summed E-state index contributed by atoms with van der Waals surface area (Å²) in [5.41, 5.74) is 2.78. The van der Waals surface area contributed by atoms with Crippen LogP contribution in [0.15, 0.2) is 83.8 Å². The van der Waals surface area contributed by atoms with Crippen molar-refractivity contribution in [3.8, 4) is 11.5 Å². The fraction of sp³-hybridized carbons (Fsp3) is 0.138. The number of hydrogen-bond acceptors (Lipinski definition) is 7. The lowest BCUT2D eigenvalue weighted by Gasteiger charge is -2.11. The van der Waals surface area contributed by atoms with Gasteiger partial charge in [-0.2, -0.15) is 0 Å². The molecule has 2 N–H and O–H groups in total. The lowest BCUT2D eigenvalue weighted by molar-refractivity contribution is -0.111. The number of nitrogens with one attached hydrogen (secondary N) is 2. The highest BCUT2D eigenvalue weighted by Crippen LogP contribution is 2.29. The second-order valence-corrected chi connectivity index (χ2v) is 10.8. The maximum absolute atomic E-state index is 12.7.